The fraction of sp³-hybridized carbons (Fsp3) is 0.273. The van der Waals surface area contributed by atoms with E-state index in [1.165, 1.54) is 6.07 Å². The van der Waals surface area contributed by atoms with Gasteiger partial charge < -0.3 is 9.84 Å². The van der Waals surface area contributed by atoms with Crippen molar-refractivity contribution in [3.05, 3.63) is 64.3 Å². The summed E-state index contributed by atoms with van der Waals surface area (Å²) in [4.78, 5) is 25.8. The highest BCUT2D eigenvalue weighted by molar-refractivity contribution is 6.31. The smallest absolute Gasteiger partial charge is 0.313 e. The van der Waals surface area contributed by atoms with Crippen molar-refractivity contribution in [2.24, 2.45) is 0 Å². The Kier molecular flexibility index (Phi) is 5.47. The zero-order valence-corrected chi connectivity index (χ0v) is 16.9. The monoisotopic (exact) mass is 399 g/mol. The van der Waals surface area contributed by atoms with Crippen LogP contribution < -0.4 is 0 Å². The summed E-state index contributed by atoms with van der Waals surface area (Å²) in [6.45, 7) is 7.10. The maximum Gasteiger partial charge on any atom is 0.313 e. The van der Waals surface area contributed by atoms with E-state index < -0.39 is 5.92 Å². The van der Waals surface area contributed by atoms with Gasteiger partial charge in [0, 0.05) is 21.7 Å². The number of rotatable bonds is 4. The zero-order chi connectivity index (χ0) is 20.6. The van der Waals surface area contributed by atoms with E-state index >= 15 is 0 Å². The molecule has 3 aromatic rings. The fourth-order valence-electron chi connectivity index (χ4n) is 3.44. The van der Waals surface area contributed by atoms with Gasteiger partial charge in [0.25, 0.3) is 5.91 Å². The Morgan fingerprint density at radius 2 is 1.82 bits per heavy atom. The molecule has 1 heterocycles. The molecule has 0 saturated heterocycles. The van der Waals surface area contributed by atoms with E-state index in [1.807, 2.05) is 0 Å². The van der Waals surface area contributed by atoms with Crippen molar-refractivity contribution in [3.8, 4) is 5.75 Å². The van der Waals surface area contributed by atoms with Gasteiger partial charge in [-0.3, -0.25) is 14.2 Å². The predicted octanol–water partition coefficient (Wildman–Crippen LogP) is 5.05. The van der Waals surface area contributed by atoms with Gasteiger partial charge in [0.1, 0.15) is 5.75 Å². The van der Waals surface area contributed by atoms with Crippen molar-refractivity contribution >= 4 is 34.4 Å². The van der Waals surface area contributed by atoms with Crippen molar-refractivity contribution in [2.75, 3.05) is 0 Å². The Morgan fingerprint density at radius 3 is 2.46 bits per heavy atom. The molecule has 1 N–H and O–H groups in total. The van der Waals surface area contributed by atoms with Crippen LogP contribution in [0.25, 0.3) is 10.9 Å². The number of phenols is 1. The zero-order valence-electron chi connectivity index (χ0n) is 16.2. The SMILES string of the molecule is Cc1c(C(C)C(=O)OC(C)C)c2cc(O)ccc2n1C(=O)c1cccc(Cl)c1. The topological polar surface area (TPSA) is 68.5 Å². The molecule has 28 heavy (non-hydrogen) atoms. The molecule has 1 aromatic heterocycles. The van der Waals surface area contributed by atoms with Gasteiger partial charge in [-0.25, -0.2) is 0 Å². The molecule has 146 valence electrons. The van der Waals surface area contributed by atoms with Crippen LogP contribution in [0.4, 0.5) is 0 Å². The minimum atomic E-state index is -0.597. The lowest BCUT2D eigenvalue weighted by molar-refractivity contribution is -0.148. The minimum absolute atomic E-state index is 0.0607. The summed E-state index contributed by atoms with van der Waals surface area (Å²) >= 11 is 6.05. The number of benzene rings is 2. The van der Waals surface area contributed by atoms with Crippen molar-refractivity contribution in [1.82, 2.24) is 4.57 Å². The second kappa shape index (κ2) is 7.68. The number of hydrogen-bond donors (Lipinski definition) is 1. The van der Waals surface area contributed by atoms with Crippen LogP contribution in [0.2, 0.25) is 5.02 Å². The number of carbonyl (C=O) groups excluding carboxylic acids is 2. The molecule has 5 nitrogen and oxygen atoms in total. The maximum atomic E-state index is 13.2. The standard InChI is InChI=1S/C22H22ClNO4/c1-12(2)28-22(27)13(3)20-14(4)24(19-9-8-17(25)11-18(19)20)21(26)15-6-5-7-16(23)10-15/h5-13,25H,1-4H3. The molecule has 0 spiro atoms. The molecule has 0 saturated carbocycles. The van der Waals surface area contributed by atoms with E-state index in [2.05, 4.69) is 0 Å². The van der Waals surface area contributed by atoms with Crippen LogP contribution in [0.15, 0.2) is 42.5 Å². The van der Waals surface area contributed by atoms with Gasteiger partial charge in [-0.2, -0.15) is 0 Å². The van der Waals surface area contributed by atoms with Crippen LogP contribution in [0.5, 0.6) is 5.75 Å². The Labute approximate surface area is 168 Å². The first-order valence-electron chi connectivity index (χ1n) is 9.05. The molecule has 0 bridgehead atoms. The molecule has 1 unspecified atom stereocenters. The lowest BCUT2D eigenvalue weighted by Crippen LogP contribution is -2.19. The molecule has 0 amide bonds. The van der Waals surface area contributed by atoms with Gasteiger partial charge in [-0.1, -0.05) is 17.7 Å². The van der Waals surface area contributed by atoms with Crippen LogP contribution in [0, 0.1) is 6.92 Å². The van der Waals surface area contributed by atoms with Crippen LogP contribution >= 0.6 is 11.6 Å². The highest BCUT2D eigenvalue weighted by Crippen LogP contribution is 2.35. The number of fused-ring (bicyclic) bond motifs is 1. The quantitative estimate of drug-likeness (QED) is 0.623. The van der Waals surface area contributed by atoms with Gasteiger partial charge >= 0.3 is 5.97 Å². The number of ether oxygens (including phenoxy) is 1. The van der Waals surface area contributed by atoms with Gasteiger partial charge in [0.2, 0.25) is 0 Å². The Balaban J connectivity index is 2.21. The second-order valence-corrected chi connectivity index (χ2v) is 7.50. The fourth-order valence-corrected chi connectivity index (χ4v) is 3.63. The summed E-state index contributed by atoms with van der Waals surface area (Å²) < 4.78 is 6.91. The summed E-state index contributed by atoms with van der Waals surface area (Å²) in [5.41, 5.74) is 2.33. The maximum absolute atomic E-state index is 13.2. The Bertz CT molecular complexity index is 1070. The summed E-state index contributed by atoms with van der Waals surface area (Å²) in [6, 6.07) is 11.5. The number of halogens is 1. The Morgan fingerprint density at radius 1 is 1.11 bits per heavy atom. The number of hydrogen-bond acceptors (Lipinski definition) is 4. The van der Waals surface area contributed by atoms with Crippen LogP contribution in [0.3, 0.4) is 0 Å². The van der Waals surface area contributed by atoms with E-state index in [0.717, 1.165) is 0 Å². The van der Waals surface area contributed by atoms with E-state index in [0.29, 0.717) is 32.7 Å². The lowest BCUT2D eigenvalue weighted by atomic mass is 9.98. The molecule has 0 radical (unpaired) electrons. The molecule has 1 atom stereocenters. The molecular formula is C22H22ClNO4. The van der Waals surface area contributed by atoms with Gasteiger partial charge in [-0.15, -0.1) is 0 Å². The predicted molar refractivity (Wildman–Crippen MR) is 109 cm³/mol. The number of carbonyl (C=O) groups is 2. The highest BCUT2D eigenvalue weighted by Gasteiger charge is 2.28. The first-order valence-corrected chi connectivity index (χ1v) is 9.43. The Hall–Kier alpha value is -2.79. The molecule has 3 rings (SSSR count). The van der Waals surface area contributed by atoms with E-state index in [1.54, 1.807) is 68.7 Å². The molecule has 2 aromatic carbocycles. The third kappa shape index (κ3) is 3.62. The largest absolute Gasteiger partial charge is 0.508 e. The molecule has 0 aliphatic carbocycles. The van der Waals surface area contributed by atoms with Gasteiger partial charge in [-0.05, 0) is 69.7 Å². The normalized spacial score (nSPS) is 12.4. The summed E-state index contributed by atoms with van der Waals surface area (Å²) in [6.07, 6.45) is -0.245. The molecule has 6 heteroatoms. The second-order valence-electron chi connectivity index (χ2n) is 7.06. The van der Waals surface area contributed by atoms with Crippen LogP contribution in [0.1, 0.15) is 48.3 Å². The average Bonchev–Trinajstić information content (AvgIpc) is 2.90. The number of nitrogens with zero attached hydrogens (tertiary/aromatic N) is 1. The summed E-state index contributed by atoms with van der Waals surface area (Å²) in [5.74, 6) is -1.17. The van der Waals surface area contributed by atoms with Gasteiger partial charge in [0.05, 0.1) is 17.5 Å². The first kappa shape index (κ1) is 20.0. The van der Waals surface area contributed by atoms with Crippen LogP contribution in [-0.4, -0.2) is 27.7 Å². The van der Waals surface area contributed by atoms with Gasteiger partial charge in [0.15, 0.2) is 0 Å². The first-order chi connectivity index (χ1) is 13.2. The minimum Gasteiger partial charge on any atom is -0.508 e. The van der Waals surface area contributed by atoms with Crippen molar-refractivity contribution in [1.29, 1.82) is 0 Å². The molecule has 0 aliphatic rings. The van der Waals surface area contributed by atoms with Crippen molar-refractivity contribution in [3.63, 3.8) is 0 Å². The lowest BCUT2D eigenvalue weighted by Gasteiger charge is -2.15. The van der Waals surface area contributed by atoms with Crippen LogP contribution in [-0.2, 0) is 9.53 Å². The number of aromatic nitrogens is 1. The highest BCUT2D eigenvalue weighted by atomic mass is 35.5. The number of esters is 1. The molecular weight excluding hydrogens is 378 g/mol. The summed E-state index contributed by atoms with van der Waals surface area (Å²) in [5, 5.41) is 11.1. The van der Waals surface area contributed by atoms with Crippen molar-refractivity contribution in [2.45, 2.75) is 39.7 Å². The third-order valence-electron chi connectivity index (χ3n) is 4.65. The third-order valence-corrected chi connectivity index (χ3v) is 4.88. The average molecular weight is 400 g/mol. The number of phenolic OH excluding ortho intramolecular Hbond substituents is 1. The van der Waals surface area contributed by atoms with Crippen molar-refractivity contribution < 1.29 is 19.4 Å². The molecule has 0 fully saturated rings. The molecule has 0 aliphatic heterocycles. The van der Waals surface area contributed by atoms with E-state index in [9.17, 15) is 14.7 Å². The van der Waals surface area contributed by atoms with E-state index in [4.69, 9.17) is 16.3 Å². The number of aromatic hydroxyl groups is 1. The van der Waals surface area contributed by atoms with E-state index in [-0.39, 0.29) is 23.7 Å². The summed E-state index contributed by atoms with van der Waals surface area (Å²) in [7, 11) is 0.